The molecule has 0 radical (unpaired) electrons. The van der Waals surface area contributed by atoms with Crippen LogP contribution in [0.25, 0.3) is 6.08 Å². The molecule has 1 aliphatic rings. The molecule has 2 nitrogen and oxygen atoms in total. The highest BCUT2D eigenvalue weighted by Gasteiger charge is 2.20. The number of hydrogen-bond donors (Lipinski definition) is 2. The third-order valence-corrected chi connectivity index (χ3v) is 3.11. The van der Waals surface area contributed by atoms with Crippen LogP contribution in [-0.2, 0) is 0 Å². The summed E-state index contributed by atoms with van der Waals surface area (Å²) in [6, 6.07) is 10.1. The maximum absolute atomic E-state index is 6.20. The highest BCUT2D eigenvalue weighted by atomic mass is 14.7. The topological polar surface area (TPSA) is 52.0 Å². The van der Waals surface area contributed by atoms with Gasteiger partial charge < -0.3 is 11.5 Å². The van der Waals surface area contributed by atoms with Crippen molar-refractivity contribution in [1.29, 1.82) is 0 Å². The Hall–Kier alpha value is -1.80. The minimum absolute atomic E-state index is 0.450. The quantitative estimate of drug-likeness (QED) is 0.872. The minimum atomic E-state index is -0.450. The summed E-state index contributed by atoms with van der Waals surface area (Å²) in [5, 5.41) is 0. The largest absolute Gasteiger partial charge is 0.402 e. The van der Waals surface area contributed by atoms with Gasteiger partial charge >= 0.3 is 0 Å². The van der Waals surface area contributed by atoms with E-state index >= 15 is 0 Å². The molecule has 0 aliphatic heterocycles. The van der Waals surface area contributed by atoms with Gasteiger partial charge in [0.05, 0.1) is 5.54 Å². The van der Waals surface area contributed by atoms with Crippen molar-refractivity contribution < 1.29 is 0 Å². The number of unbranched alkanes of at least 4 members (excludes halogenated alkanes) is 1. The summed E-state index contributed by atoms with van der Waals surface area (Å²) in [5.74, 6) is 0. The number of hydrogen-bond acceptors (Lipinski definition) is 2. The lowest BCUT2D eigenvalue weighted by Crippen LogP contribution is -2.37. The van der Waals surface area contributed by atoms with Gasteiger partial charge in [0.25, 0.3) is 0 Å². The SMILES string of the molecule is CCCC.NC1=CC=CC(N)(C=Cc2ccccc2)C1. The van der Waals surface area contributed by atoms with E-state index in [1.807, 2.05) is 60.7 Å². The van der Waals surface area contributed by atoms with Crippen LogP contribution >= 0.6 is 0 Å². The summed E-state index contributed by atoms with van der Waals surface area (Å²) >= 11 is 0. The van der Waals surface area contributed by atoms with Crippen molar-refractivity contribution >= 4 is 6.08 Å². The zero-order valence-corrected chi connectivity index (χ0v) is 12.5. The number of benzene rings is 1. The van der Waals surface area contributed by atoms with Gasteiger partial charge in [-0.15, -0.1) is 0 Å². The van der Waals surface area contributed by atoms with Gasteiger partial charge in [-0.1, -0.05) is 81.3 Å². The average molecular weight is 270 g/mol. The molecule has 1 aliphatic carbocycles. The minimum Gasteiger partial charge on any atom is -0.402 e. The van der Waals surface area contributed by atoms with E-state index in [2.05, 4.69) is 13.8 Å². The molecule has 4 N–H and O–H groups in total. The first-order valence-corrected chi connectivity index (χ1v) is 7.26. The van der Waals surface area contributed by atoms with Gasteiger partial charge in [0.15, 0.2) is 0 Å². The Morgan fingerprint density at radius 2 is 1.80 bits per heavy atom. The van der Waals surface area contributed by atoms with Crippen LogP contribution in [0.3, 0.4) is 0 Å². The van der Waals surface area contributed by atoms with E-state index in [-0.39, 0.29) is 0 Å². The number of rotatable bonds is 3. The fourth-order valence-electron chi connectivity index (χ4n) is 1.75. The molecule has 0 fully saturated rings. The fourth-order valence-corrected chi connectivity index (χ4v) is 1.75. The zero-order chi connectivity index (χ0) is 14.8. The molecule has 2 rings (SSSR count). The molecule has 0 saturated heterocycles. The fraction of sp³-hybridized carbons (Fsp3) is 0.333. The summed E-state index contributed by atoms with van der Waals surface area (Å²) in [6.45, 7) is 4.36. The first-order valence-electron chi connectivity index (χ1n) is 7.26. The van der Waals surface area contributed by atoms with Crippen LogP contribution in [0, 0.1) is 0 Å². The number of allylic oxidation sites excluding steroid dienone is 2. The van der Waals surface area contributed by atoms with Gasteiger partial charge in [0.2, 0.25) is 0 Å². The predicted molar refractivity (Wildman–Crippen MR) is 89.0 cm³/mol. The molecule has 1 aromatic rings. The molecule has 0 aromatic heterocycles. The Morgan fingerprint density at radius 1 is 1.15 bits per heavy atom. The summed E-state index contributed by atoms with van der Waals surface area (Å²) in [4.78, 5) is 0. The Balaban J connectivity index is 0.000000444. The second-order valence-corrected chi connectivity index (χ2v) is 5.13. The third-order valence-electron chi connectivity index (χ3n) is 3.11. The third kappa shape index (κ3) is 5.89. The highest BCUT2D eigenvalue weighted by molar-refractivity contribution is 5.52. The maximum atomic E-state index is 6.20. The molecular formula is C18H26N2. The molecule has 1 aromatic carbocycles. The standard InChI is InChI=1S/C14H16N2.C4H10/c15-13-7-4-9-14(16,11-13)10-8-12-5-2-1-3-6-12;1-3-4-2/h1-10H,11,15-16H2;3-4H2,1-2H3. The molecule has 0 spiro atoms. The Morgan fingerprint density at radius 3 is 2.35 bits per heavy atom. The van der Waals surface area contributed by atoms with Crippen molar-refractivity contribution in [3.05, 3.63) is 65.9 Å². The lowest BCUT2D eigenvalue weighted by Gasteiger charge is -2.24. The van der Waals surface area contributed by atoms with Crippen LogP contribution in [0.15, 0.2) is 60.3 Å². The lowest BCUT2D eigenvalue weighted by molar-refractivity contribution is 0.636. The van der Waals surface area contributed by atoms with Crippen LogP contribution in [0.5, 0.6) is 0 Å². The molecule has 1 unspecified atom stereocenters. The average Bonchev–Trinajstić information content (AvgIpc) is 2.46. The molecule has 0 heterocycles. The second-order valence-electron chi connectivity index (χ2n) is 5.13. The molecular weight excluding hydrogens is 244 g/mol. The van der Waals surface area contributed by atoms with Gasteiger partial charge in [0.1, 0.15) is 0 Å². The summed E-state index contributed by atoms with van der Waals surface area (Å²) in [6.07, 6.45) is 13.1. The van der Waals surface area contributed by atoms with Gasteiger partial charge in [0, 0.05) is 12.1 Å². The summed E-state index contributed by atoms with van der Waals surface area (Å²) in [7, 11) is 0. The molecule has 2 heteroatoms. The smallest absolute Gasteiger partial charge is 0.0586 e. The molecule has 0 amide bonds. The van der Waals surface area contributed by atoms with Gasteiger partial charge in [-0.2, -0.15) is 0 Å². The van der Waals surface area contributed by atoms with Crippen molar-refractivity contribution in [2.45, 2.75) is 38.6 Å². The van der Waals surface area contributed by atoms with Gasteiger partial charge in [-0.3, -0.25) is 0 Å². The molecule has 1 atom stereocenters. The van der Waals surface area contributed by atoms with E-state index in [0.717, 1.165) is 11.3 Å². The van der Waals surface area contributed by atoms with Crippen molar-refractivity contribution in [3.8, 4) is 0 Å². The molecule has 108 valence electrons. The Labute approximate surface area is 122 Å². The predicted octanol–water partition coefficient (Wildman–Crippen LogP) is 4.01. The zero-order valence-electron chi connectivity index (χ0n) is 12.5. The van der Waals surface area contributed by atoms with Crippen molar-refractivity contribution in [3.63, 3.8) is 0 Å². The van der Waals surface area contributed by atoms with Gasteiger partial charge in [-0.25, -0.2) is 0 Å². The maximum Gasteiger partial charge on any atom is 0.0586 e. The van der Waals surface area contributed by atoms with Crippen molar-refractivity contribution in [2.24, 2.45) is 11.5 Å². The van der Waals surface area contributed by atoms with Crippen LogP contribution in [0.2, 0.25) is 0 Å². The van der Waals surface area contributed by atoms with E-state index in [1.165, 1.54) is 12.8 Å². The van der Waals surface area contributed by atoms with Crippen molar-refractivity contribution in [2.75, 3.05) is 0 Å². The van der Waals surface area contributed by atoms with E-state index < -0.39 is 5.54 Å². The molecule has 0 saturated carbocycles. The Bertz CT molecular complexity index is 469. The summed E-state index contributed by atoms with van der Waals surface area (Å²) in [5.41, 5.74) is 13.5. The van der Waals surface area contributed by atoms with E-state index in [9.17, 15) is 0 Å². The van der Waals surface area contributed by atoms with Crippen LogP contribution in [-0.4, -0.2) is 5.54 Å². The molecule has 20 heavy (non-hydrogen) atoms. The normalized spacial score (nSPS) is 21.2. The van der Waals surface area contributed by atoms with Crippen LogP contribution in [0.4, 0.5) is 0 Å². The van der Waals surface area contributed by atoms with Crippen molar-refractivity contribution in [1.82, 2.24) is 0 Å². The second kappa shape index (κ2) is 8.39. The first-order chi connectivity index (χ1) is 9.59. The van der Waals surface area contributed by atoms with Crippen LogP contribution in [0.1, 0.15) is 38.7 Å². The summed E-state index contributed by atoms with van der Waals surface area (Å²) < 4.78 is 0. The highest BCUT2D eigenvalue weighted by Crippen LogP contribution is 2.20. The van der Waals surface area contributed by atoms with Gasteiger partial charge in [-0.05, 0) is 11.6 Å². The van der Waals surface area contributed by atoms with Crippen LogP contribution < -0.4 is 11.5 Å². The van der Waals surface area contributed by atoms with E-state index in [0.29, 0.717) is 6.42 Å². The number of nitrogens with two attached hydrogens (primary N) is 2. The lowest BCUT2D eigenvalue weighted by atomic mass is 9.89. The Kier molecular flexibility index (Phi) is 6.82. The van der Waals surface area contributed by atoms with E-state index in [1.54, 1.807) is 0 Å². The molecule has 0 bridgehead atoms. The monoisotopic (exact) mass is 270 g/mol. The van der Waals surface area contributed by atoms with E-state index in [4.69, 9.17) is 11.5 Å². The first kappa shape index (κ1) is 16.3.